The van der Waals surface area contributed by atoms with Crippen LogP contribution in [-0.4, -0.2) is 16.8 Å². The number of anilines is 1. The highest BCUT2D eigenvalue weighted by molar-refractivity contribution is 9.10. The lowest BCUT2D eigenvalue weighted by atomic mass is 9.82. The molecule has 1 N–H and O–H groups in total. The molecule has 1 aliphatic heterocycles. The number of benzene rings is 2. The van der Waals surface area contributed by atoms with Crippen LogP contribution in [0.2, 0.25) is 0 Å². The van der Waals surface area contributed by atoms with Crippen molar-refractivity contribution in [2.75, 3.05) is 4.90 Å². The van der Waals surface area contributed by atoms with Crippen molar-refractivity contribution in [3.05, 3.63) is 76.0 Å². The van der Waals surface area contributed by atoms with Crippen LogP contribution in [0.5, 0.6) is 0 Å². The molecule has 1 unspecified atom stereocenters. The van der Waals surface area contributed by atoms with E-state index in [9.17, 15) is 14.7 Å². The highest BCUT2D eigenvalue weighted by atomic mass is 79.9. The molecule has 134 valence electrons. The van der Waals surface area contributed by atoms with E-state index in [-0.39, 0.29) is 11.4 Å². The second kappa shape index (κ2) is 6.72. The van der Waals surface area contributed by atoms with Gasteiger partial charge in [0.2, 0.25) is 0 Å². The van der Waals surface area contributed by atoms with Gasteiger partial charge in [0.05, 0.1) is 11.6 Å². The fourth-order valence-electron chi connectivity index (χ4n) is 3.06. The van der Waals surface area contributed by atoms with Gasteiger partial charge in [-0.1, -0.05) is 67.0 Å². The summed E-state index contributed by atoms with van der Waals surface area (Å²) in [5, 5.41) is 10.6. The minimum Gasteiger partial charge on any atom is -0.503 e. The fourth-order valence-corrected chi connectivity index (χ4v) is 3.32. The number of Topliss-reactive ketones (excluding diaryl/α,β-unsaturated/α-hetero) is 1. The smallest absolute Gasteiger partial charge is 0.294 e. The second-order valence-corrected chi connectivity index (χ2v) is 8.22. The normalized spacial score (nSPS) is 17.8. The maximum Gasteiger partial charge on any atom is 0.294 e. The third kappa shape index (κ3) is 3.19. The van der Waals surface area contributed by atoms with Gasteiger partial charge in [0, 0.05) is 15.6 Å². The molecular formula is C21H20BrNO3. The van der Waals surface area contributed by atoms with Crippen LogP contribution in [0.25, 0.3) is 0 Å². The van der Waals surface area contributed by atoms with Crippen molar-refractivity contribution < 1.29 is 14.7 Å². The molecule has 0 bridgehead atoms. The van der Waals surface area contributed by atoms with E-state index in [1.54, 1.807) is 32.9 Å². The zero-order valence-corrected chi connectivity index (χ0v) is 16.4. The molecule has 5 heteroatoms. The summed E-state index contributed by atoms with van der Waals surface area (Å²) in [5.74, 6) is -1.27. The summed E-state index contributed by atoms with van der Waals surface area (Å²) in [6.45, 7) is 5.34. The van der Waals surface area contributed by atoms with Gasteiger partial charge in [-0.3, -0.25) is 14.5 Å². The first-order chi connectivity index (χ1) is 12.2. The number of halogens is 1. The molecule has 0 saturated carbocycles. The Morgan fingerprint density at radius 1 is 1.04 bits per heavy atom. The summed E-state index contributed by atoms with van der Waals surface area (Å²) in [6, 6.07) is 15.8. The van der Waals surface area contributed by atoms with E-state index >= 15 is 0 Å². The summed E-state index contributed by atoms with van der Waals surface area (Å²) in [5.41, 5.74) is 0.827. The number of aliphatic hydroxyl groups excluding tert-OH is 1. The Labute approximate surface area is 161 Å². The monoisotopic (exact) mass is 413 g/mol. The number of hydrogen-bond acceptors (Lipinski definition) is 3. The third-order valence-corrected chi connectivity index (χ3v) is 4.88. The van der Waals surface area contributed by atoms with Crippen LogP contribution in [0.3, 0.4) is 0 Å². The Kier molecular flexibility index (Phi) is 4.76. The first-order valence-electron chi connectivity index (χ1n) is 8.34. The van der Waals surface area contributed by atoms with E-state index in [2.05, 4.69) is 15.9 Å². The van der Waals surface area contributed by atoms with Crippen LogP contribution >= 0.6 is 15.9 Å². The van der Waals surface area contributed by atoms with E-state index < -0.39 is 23.1 Å². The van der Waals surface area contributed by atoms with Crippen molar-refractivity contribution in [3.8, 4) is 0 Å². The Morgan fingerprint density at radius 2 is 1.62 bits per heavy atom. The van der Waals surface area contributed by atoms with Crippen LogP contribution in [0.1, 0.15) is 32.4 Å². The Morgan fingerprint density at radius 3 is 2.15 bits per heavy atom. The number of ketones is 1. The Bertz CT molecular complexity index is 880. The van der Waals surface area contributed by atoms with Gasteiger partial charge < -0.3 is 5.11 Å². The molecule has 0 aliphatic carbocycles. The first kappa shape index (κ1) is 18.4. The number of para-hydroxylation sites is 1. The van der Waals surface area contributed by atoms with E-state index in [1.165, 1.54) is 4.90 Å². The zero-order valence-electron chi connectivity index (χ0n) is 14.9. The average molecular weight is 414 g/mol. The van der Waals surface area contributed by atoms with Gasteiger partial charge in [-0.2, -0.15) is 0 Å². The van der Waals surface area contributed by atoms with Crippen LogP contribution in [0.4, 0.5) is 5.69 Å². The summed E-state index contributed by atoms with van der Waals surface area (Å²) < 4.78 is 0.897. The summed E-state index contributed by atoms with van der Waals surface area (Å²) in [6.07, 6.45) is 0. The number of rotatable bonds is 3. The highest BCUT2D eigenvalue weighted by Crippen LogP contribution is 2.43. The standard InChI is InChI=1S/C21H20BrNO3/c1-21(2,3)19(25)16-17(13-9-11-14(22)12-10-13)23(20(26)18(16)24)15-7-5-4-6-8-15/h4-12,17,24H,1-3H3. The fraction of sp³-hybridized carbons (Fsp3) is 0.238. The van der Waals surface area contributed by atoms with Gasteiger partial charge in [0.1, 0.15) is 0 Å². The first-order valence-corrected chi connectivity index (χ1v) is 9.13. The van der Waals surface area contributed by atoms with Crippen LogP contribution in [0.15, 0.2) is 70.4 Å². The number of carbonyl (C=O) groups excluding carboxylic acids is 2. The van der Waals surface area contributed by atoms with Crippen molar-refractivity contribution in [1.29, 1.82) is 0 Å². The zero-order chi connectivity index (χ0) is 19.1. The molecule has 0 aromatic heterocycles. The largest absolute Gasteiger partial charge is 0.503 e. The van der Waals surface area contributed by atoms with Crippen molar-refractivity contribution in [2.24, 2.45) is 5.41 Å². The highest BCUT2D eigenvalue weighted by Gasteiger charge is 2.46. The van der Waals surface area contributed by atoms with Gasteiger partial charge in [-0.25, -0.2) is 0 Å². The van der Waals surface area contributed by atoms with Crippen LogP contribution < -0.4 is 4.90 Å². The molecule has 2 aromatic rings. The maximum atomic E-state index is 13.0. The van der Waals surface area contributed by atoms with Crippen LogP contribution in [-0.2, 0) is 9.59 Å². The lowest BCUT2D eigenvalue weighted by molar-refractivity contribution is -0.123. The summed E-state index contributed by atoms with van der Waals surface area (Å²) in [4.78, 5) is 27.4. The molecular weight excluding hydrogens is 394 g/mol. The van der Waals surface area contributed by atoms with E-state index in [4.69, 9.17) is 0 Å². The predicted molar refractivity (Wildman–Crippen MR) is 105 cm³/mol. The molecule has 1 atom stereocenters. The predicted octanol–water partition coefficient (Wildman–Crippen LogP) is 4.96. The quantitative estimate of drug-likeness (QED) is 0.772. The van der Waals surface area contributed by atoms with Gasteiger partial charge >= 0.3 is 0 Å². The molecule has 1 aliphatic rings. The minimum atomic E-state index is -0.718. The summed E-state index contributed by atoms with van der Waals surface area (Å²) in [7, 11) is 0. The summed E-state index contributed by atoms with van der Waals surface area (Å²) >= 11 is 3.40. The van der Waals surface area contributed by atoms with E-state index in [0.29, 0.717) is 5.69 Å². The molecule has 0 fully saturated rings. The molecule has 0 radical (unpaired) electrons. The SMILES string of the molecule is CC(C)(C)C(=O)C1=C(O)C(=O)N(c2ccccc2)C1c1ccc(Br)cc1. The Hall–Kier alpha value is -2.40. The Balaban J connectivity index is 2.20. The molecule has 1 heterocycles. The number of aliphatic hydroxyl groups is 1. The topological polar surface area (TPSA) is 57.6 Å². The van der Waals surface area contributed by atoms with Gasteiger partial charge in [0.25, 0.3) is 5.91 Å². The third-order valence-electron chi connectivity index (χ3n) is 4.35. The van der Waals surface area contributed by atoms with Crippen molar-refractivity contribution >= 4 is 33.3 Å². The van der Waals surface area contributed by atoms with Crippen molar-refractivity contribution in [1.82, 2.24) is 0 Å². The second-order valence-electron chi connectivity index (χ2n) is 7.31. The number of hydrogen-bond donors (Lipinski definition) is 1. The maximum absolute atomic E-state index is 13.0. The van der Waals surface area contributed by atoms with Crippen molar-refractivity contribution in [3.63, 3.8) is 0 Å². The van der Waals surface area contributed by atoms with Crippen LogP contribution in [0, 0.1) is 5.41 Å². The van der Waals surface area contributed by atoms with Gasteiger partial charge in [-0.15, -0.1) is 0 Å². The minimum absolute atomic E-state index is 0.147. The number of nitrogens with zero attached hydrogens (tertiary/aromatic N) is 1. The van der Waals surface area contributed by atoms with Gasteiger partial charge in [0.15, 0.2) is 11.5 Å². The van der Waals surface area contributed by atoms with E-state index in [1.807, 2.05) is 42.5 Å². The molecule has 26 heavy (non-hydrogen) atoms. The number of carbonyl (C=O) groups is 2. The average Bonchev–Trinajstić information content (AvgIpc) is 2.86. The molecule has 4 nitrogen and oxygen atoms in total. The molecule has 0 saturated heterocycles. The van der Waals surface area contributed by atoms with Crippen molar-refractivity contribution in [2.45, 2.75) is 26.8 Å². The molecule has 1 amide bonds. The van der Waals surface area contributed by atoms with Gasteiger partial charge in [-0.05, 0) is 29.8 Å². The lowest BCUT2D eigenvalue weighted by Crippen LogP contribution is -2.32. The molecule has 0 spiro atoms. The molecule has 2 aromatic carbocycles. The lowest BCUT2D eigenvalue weighted by Gasteiger charge is -2.29. The van der Waals surface area contributed by atoms with E-state index in [0.717, 1.165) is 10.0 Å². The molecule has 3 rings (SSSR count). The number of amides is 1.